The minimum atomic E-state index is -1.08. The number of hydrogen-bond acceptors (Lipinski definition) is 4. The van der Waals surface area contributed by atoms with Crippen molar-refractivity contribution in [2.75, 3.05) is 4.90 Å². The lowest BCUT2D eigenvalue weighted by Crippen LogP contribution is -2.65. The largest absolute Gasteiger partial charge is 0.351 e. The van der Waals surface area contributed by atoms with Gasteiger partial charge in [-0.1, -0.05) is 44.4 Å². The Bertz CT molecular complexity index is 1150. The Kier molecular flexibility index (Phi) is 5.83. The van der Waals surface area contributed by atoms with Gasteiger partial charge >= 0.3 is 0 Å². The predicted octanol–water partition coefficient (Wildman–Crippen LogP) is 5.04. The number of hydrogen-bond donors (Lipinski definition) is 1. The minimum Gasteiger partial charge on any atom is -0.351 e. The summed E-state index contributed by atoms with van der Waals surface area (Å²) in [4.78, 5) is 30.3. The number of anilines is 1. The Balaban J connectivity index is 1.55. The monoisotopic (exact) mass is 462 g/mol. The number of carbonyl (C=O) groups is 2. The van der Waals surface area contributed by atoms with Gasteiger partial charge in [0.15, 0.2) is 0 Å². The van der Waals surface area contributed by atoms with Crippen LogP contribution < -0.4 is 10.2 Å². The molecule has 1 aromatic carbocycles. The van der Waals surface area contributed by atoms with E-state index < -0.39 is 5.54 Å². The number of fused-ring (bicyclic) bond motifs is 1. The summed E-state index contributed by atoms with van der Waals surface area (Å²) < 4.78 is 1.72. The number of thiophene rings is 1. The molecule has 3 aromatic rings. The summed E-state index contributed by atoms with van der Waals surface area (Å²) in [5.41, 5.74) is 2.14. The average Bonchev–Trinajstić information content (AvgIpc) is 3.50. The normalized spacial score (nSPS) is 21.2. The van der Waals surface area contributed by atoms with Crippen LogP contribution in [-0.4, -0.2) is 33.2 Å². The number of nitrogens with zero attached hydrogens (tertiary/aromatic N) is 3. The Morgan fingerprint density at radius 3 is 2.61 bits per heavy atom. The molecular weight excluding hydrogens is 432 g/mol. The van der Waals surface area contributed by atoms with E-state index in [4.69, 9.17) is 5.10 Å². The number of carbonyl (C=O) groups excluding carboxylic acids is 2. The third-order valence-electron chi connectivity index (χ3n) is 6.96. The van der Waals surface area contributed by atoms with Crippen LogP contribution >= 0.6 is 11.3 Å². The molecule has 1 saturated carbocycles. The van der Waals surface area contributed by atoms with Crippen LogP contribution in [0.25, 0.3) is 10.6 Å². The van der Waals surface area contributed by atoms with Gasteiger partial charge in [-0.25, -0.2) is 0 Å². The van der Waals surface area contributed by atoms with Crippen molar-refractivity contribution in [3.8, 4) is 10.6 Å². The molecule has 1 atom stereocenters. The van der Waals surface area contributed by atoms with Crippen LogP contribution in [0, 0.1) is 0 Å². The number of aryl methyl sites for hydroxylation is 1. The highest BCUT2D eigenvalue weighted by Crippen LogP contribution is 2.35. The predicted molar refractivity (Wildman–Crippen MR) is 132 cm³/mol. The zero-order valence-electron chi connectivity index (χ0n) is 19.2. The van der Waals surface area contributed by atoms with Gasteiger partial charge in [-0.2, -0.15) is 5.10 Å². The van der Waals surface area contributed by atoms with Crippen molar-refractivity contribution in [2.24, 2.45) is 0 Å². The maximum absolute atomic E-state index is 13.9. The van der Waals surface area contributed by atoms with Crippen molar-refractivity contribution in [2.45, 2.75) is 70.5 Å². The first-order valence-corrected chi connectivity index (χ1v) is 12.7. The summed E-state index contributed by atoms with van der Waals surface area (Å²) in [5.74, 6) is -0.303. The van der Waals surface area contributed by atoms with Crippen LogP contribution in [-0.2, 0) is 17.8 Å². The van der Waals surface area contributed by atoms with E-state index in [9.17, 15) is 9.59 Å². The zero-order chi connectivity index (χ0) is 23.0. The fraction of sp³-hybridized carbons (Fsp3) is 0.423. The highest BCUT2D eigenvalue weighted by molar-refractivity contribution is 7.13. The summed E-state index contributed by atoms with van der Waals surface area (Å²) in [6.07, 6.45) is 6.41. The second-order valence-electron chi connectivity index (χ2n) is 9.29. The van der Waals surface area contributed by atoms with Gasteiger partial charge in [-0.05, 0) is 61.4 Å². The SMILES string of the molecule is CCc1ccc(N2C(=O)c3cc(-c4cccs4)nn3C[C@]2(C)C(=O)NC2CCCCC2)cc1. The molecule has 2 aromatic heterocycles. The van der Waals surface area contributed by atoms with Gasteiger partial charge in [0.1, 0.15) is 16.9 Å². The van der Waals surface area contributed by atoms with E-state index in [2.05, 4.69) is 12.2 Å². The molecule has 3 heterocycles. The molecule has 5 rings (SSSR count). The van der Waals surface area contributed by atoms with Gasteiger partial charge < -0.3 is 5.32 Å². The summed E-state index contributed by atoms with van der Waals surface area (Å²) in [6.45, 7) is 4.28. The molecule has 0 spiro atoms. The minimum absolute atomic E-state index is 0.110. The lowest BCUT2D eigenvalue weighted by molar-refractivity contribution is -0.127. The number of nitrogens with one attached hydrogen (secondary N) is 1. The first kappa shape index (κ1) is 21.9. The first-order valence-electron chi connectivity index (χ1n) is 11.9. The van der Waals surface area contributed by atoms with E-state index in [0.717, 1.165) is 48.4 Å². The fourth-order valence-electron chi connectivity index (χ4n) is 5.00. The van der Waals surface area contributed by atoms with Crippen LogP contribution in [0.1, 0.15) is 62.0 Å². The van der Waals surface area contributed by atoms with Crippen molar-refractivity contribution < 1.29 is 9.59 Å². The van der Waals surface area contributed by atoms with Crippen LogP contribution in [0.2, 0.25) is 0 Å². The van der Waals surface area contributed by atoms with Gasteiger partial charge in [0, 0.05) is 11.7 Å². The molecule has 7 heteroatoms. The molecule has 172 valence electrons. The topological polar surface area (TPSA) is 67.2 Å². The second kappa shape index (κ2) is 8.78. The third-order valence-corrected chi connectivity index (χ3v) is 7.85. The Hall–Kier alpha value is -2.93. The van der Waals surface area contributed by atoms with E-state index in [-0.39, 0.29) is 17.9 Å². The summed E-state index contributed by atoms with van der Waals surface area (Å²) in [7, 11) is 0. The molecule has 1 aliphatic carbocycles. The summed E-state index contributed by atoms with van der Waals surface area (Å²) >= 11 is 1.59. The van der Waals surface area contributed by atoms with E-state index in [1.807, 2.05) is 54.8 Å². The van der Waals surface area contributed by atoms with Crippen molar-refractivity contribution in [1.82, 2.24) is 15.1 Å². The van der Waals surface area contributed by atoms with Gasteiger partial charge in [0.2, 0.25) is 5.91 Å². The summed E-state index contributed by atoms with van der Waals surface area (Å²) in [6, 6.07) is 14.0. The van der Waals surface area contributed by atoms with E-state index in [0.29, 0.717) is 12.2 Å². The van der Waals surface area contributed by atoms with E-state index >= 15 is 0 Å². The maximum atomic E-state index is 13.9. The molecule has 0 radical (unpaired) electrons. The van der Waals surface area contributed by atoms with E-state index in [1.54, 1.807) is 20.9 Å². The smallest absolute Gasteiger partial charge is 0.277 e. The highest BCUT2D eigenvalue weighted by Gasteiger charge is 2.49. The highest BCUT2D eigenvalue weighted by atomic mass is 32.1. The standard InChI is InChI=1S/C26H30N4O2S/c1-3-18-11-13-20(14-12-18)30-24(31)22-16-21(23-10-7-15-33-23)28-29(22)17-26(30,2)25(32)27-19-8-5-4-6-9-19/h7,10-16,19H,3-6,8-9,17H2,1-2H3,(H,27,32)/t26-/m1/s1. The maximum Gasteiger partial charge on any atom is 0.277 e. The first-order chi connectivity index (χ1) is 16.0. The molecule has 1 aliphatic heterocycles. The lowest BCUT2D eigenvalue weighted by atomic mass is 9.91. The molecule has 33 heavy (non-hydrogen) atoms. The quantitative estimate of drug-likeness (QED) is 0.577. The third kappa shape index (κ3) is 3.99. The molecule has 2 amide bonds. The fourth-order valence-corrected chi connectivity index (χ4v) is 5.68. The lowest BCUT2D eigenvalue weighted by Gasteiger charge is -2.44. The summed E-state index contributed by atoms with van der Waals surface area (Å²) in [5, 5.41) is 9.99. The van der Waals surface area contributed by atoms with Crippen molar-refractivity contribution >= 4 is 28.8 Å². The molecule has 0 unspecified atom stereocenters. The van der Waals surface area contributed by atoms with Crippen LogP contribution in [0.3, 0.4) is 0 Å². The average molecular weight is 463 g/mol. The second-order valence-corrected chi connectivity index (χ2v) is 10.2. The van der Waals surface area contributed by atoms with Gasteiger partial charge in [-0.15, -0.1) is 11.3 Å². The van der Waals surface area contributed by atoms with Crippen LogP contribution in [0.5, 0.6) is 0 Å². The Morgan fingerprint density at radius 1 is 1.18 bits per heavy atom. The van der Waals surface area contributed by atoms with Crippen LogP contribution in [0.15, 0.2) is 47.8 Å². The Morgan fingerprint density at radius 2 is 1.94 bits per heavy atom. The van der Waals surface area contributed by atoms with Gasteiger partial charge in [-0.3, -0.25) is 19.2 Å². The molecule has 0 bridgehead atoms. The molecule has 0 saturated heterocycles. The van der Waals surface area contributed by atoms with E-state index in [1.165, 1.54) is 12.0 Å². The molecule has 1 N–H and O–H groups in total. The van der Waals surface area contributed by atoms with Crippen LogP contribution in [0.4, 0.5) is 5.69 Å². The molecule has 6 nitrogen and oxygen atoms in total. The number of aromatic nitrogens is 2. The molecule has 1 fully saturated rings. The number of amides is 2. The number of rotatable bonds is 5. The zero-order valence-corrected chi connectivity index (χ0v) is 20.0. The molecular formula is C26H30N4O2S. The van der Waals surface area contributed by atoms with Gasteiger partial charge in [0.25, 0.3) is 5.91 Å². The number of benzene rings is 1. The van der Waals surface area contributed by atoms with Crippen molar-refractivity contribution in [3.05, 3.63) is 59.1 Å². The molecule has 2 aliphatic rings. The van der Waals surface area contributed by atoms with Gasteiger partial charge in [0.05, 0.1) is 11.4 Å². The Labute approximate surface area is 198 Å². The van der Waals surface area contributed by atoms with Crippen molar-refractivity contribution in [1.29, 1.82) is 0 Å². The van der Waals surface area contributed by atoms with Crippen molar-refractivity contribution in [3.63, 3.8) is 0 Å².